The van der Waals surface area contributed by atoms with Crippen molar-refractivity contribution >= 4 is 28.5 Å². The molecule has 28 heavy (non-hydrogen) atoms. The number of benzene rings is 2. The molecule has 0 spiro atoms. The van der Waals surface area contributed by atoms with Gasteiger partial charge in [-0.15, -0.1) is 5.10 Å². The fraction of sp³-hybridized carbons (Fsp3) is 0.300. The summed E-state index contributed by atoms with van der Waals surface area (Å²) in [4.78, 5) is 17.0. The molecule has 8 heteroatoms. The number of carbonyl (C=O) groups is 1. The molecule has 2 aromatic carbocycles. The molecule has 1 aromatic heterocycles. The van der Waals surface area contributed by atoms with E-state index in [9.17, 15) is 4.79 Å². The monoisotopic (exact) mass is 488 g/mol. The van der Waals surface area contributed by atoms with E-state index >= 15 is 0 Å². The van der Waals surface area contributed by atoms with Crippen molar-refractivity contribution in [1.82, 2.24) is 30.0 Å². The number of nitrogens with zero attached hydrogens (tertiary/aromatic N) is 6. The minimum absolute atomic E-state index is 0.106. The zero-order valence-corrected chi connectivity index (χ0v) is 17.8. The highest BCUT2D eigenvalue weighted by Gasteiger charge is 2.24. The van der Waals surface area contributed by atoms with Crippen LogP contribution in [0, 0.1) is 10.5 Å². The van der Waals surface area contributed by atoms with E-state index < -0.39 is 0 Å². The average molecular weight is 488 g/mol. The topological polar surface area (TPSA) is 67.2 Å². The van der Waals surface area contributed by atoms with Gasteiger partial charge in [0.1, 0.15) is 0 Å². The second-order valence-electron chi connectivity index (χ2n) is 6.89. The van der Waals surface area contributed by atoms with E-state index in [4.69, 9.17) is 0 Å². The Hall–Kier alpha value is -2.33. The zero-order valence-electron chi connectivity index (χ0n) is 15.6. The quantitative estimate of drug-likeness (QED) is 0.529. The van der Waals surface area contributed by atoms with Crippen LogP contribution in [0.15, 0.2) is 48.5 Å². The maximum atomic E-state index is 12.8. The van der Waals surface area contributed by atoms with Crippen LogP contribution in [-0.2, 0) is 6.54 Å². The normalized spacial score (nSPS) is 15.0. The zero-order chi connectivity index (χ0) is 19.5. The lowest BCUT2D eigenvalue weighted by Gasteiger charge is -2.34. The highest BCUT2D eigenvalue weighted by molar-refractivity contribution is 14.1. The lowest BCUT2D eigenvalue weighted by atomic mass is 10.2. The molecule has 1 aliphatic heterocycles. The minimum Gasteiger partial charge on any atom is -0.336 e. The van der Waals surface area contributed by atoms with Gasteiger partial charge < -0.3 is 4.90 Å². The van der Waals surface area contributed by atoms with Crippen molar-refractivity contribution in [1.29, 1.82) is 0 Å². The summed E-state index contributed by atoms with van der Waals surface area (Å²) in [5.74, 6) is 0.912. The first-order valence-electron chi connectivity index (χ1n) is 9.22. The van der Waals surface area contributed by atoms with Gasteiger partial charge in [0.25, 0.3) is 5.91 Å². The van der Waals surface area contributed by atoms with Gasteiger partial charge >= 0.3 is 0 Å². The smallest absolute Gasteiger partial charge is 0.255 e. The Bertz CT molecular complexity index is 963. The lowest BCUT2D eigenvalue weighted by molar-refractivity contribution is 0.0623. The summed E-state index contributed by atoms with van der Waals surface area (Å²) in [7, 11) is 0. The van der Waals surface area contributed by atoms with Crippen LogP contribution in [0.3, 0.4) is 0 Å². The Labute approximate surface area is 177 Å². The first kappa shape index (κ1) is 19.0. The molecular formula is C20H21IN6O. The van der Waals surface area contributed by atoms with Crippen molar-refractivity contribution < 1.29 is 4.79 Å². The van der Waals surface area contributed by atoms with Crippen molar-refractivity contribution in [3.05, 3.63) is 69.1 Å². The van der Waals surface area contributed by atoms with Gasteiger partial charge in [-0.1, -0.05) is 29.8 Å². The molecule has 0 saturated carbocycles. The van der Waals surface area contributed by atoms with Gasteiger partial charge in [0.05, 0.1) is 17.8 Å². The predicted octanol–water partition coefficient (Wildman–Crippen LogP) is 2.53. The first-order chi connectivity index (χ1) is 13.6. The molecule has 3 aromatic rings. The second kappa shape index (κ2) is 8.36. The maximum Gasteiger partial charge on any atom is 0.255 e. The molecule has 0 bridgehead atoms. The summed E-state index contributed by atoms with van der Waals surface area (Å²) in [6.07, 6.45) is 0. The Kier molecular flexibility index (Phi) is 5.67. The Morgan fingerprint density at radius 2 is 1.75 bits per heavy atom. The molecule has 1 aliphatic rings. The molecule has 1 fully saturated rings. The largest absolute Gasteiger partial charge is 0.336 e. The number of piperazine rings is 1. The summed E-state index contributed by atoms with van der Waals surface area (Å²) in [6, 6.07) is 15.9. The highest BCUT2D eigenvalue weighted by Crippen LogP contribution is 2.17. The van der Waals surface area contributed by atoms with Gasteiger partial charge in [-0.25, -0.2) is 0 Å². The molecule has 4 rings (SSSR count). The van der Waals surface area contributed by atoms with Gasteiger partial charge in [-0.2, -0.15) is 4.68 Å². The summed E-state index contributed by atoms with van der Waals surface area (Å²) >= 11 is 2.22. The van der Waals surface area contributed by atoms with Crippen molar-refractivity contribution in [3.8, 4) is 5.69 Å². The second-order valence-corrected chi connectivity index (χ2v) is 8.05. The van der Waals surface area contributed by atoms with Crippen LogP contribution < -0.4 is 0 Å². The third-order valence-corrected chi connectivity index (χ3v) is 5.88. The fourth-order valence-corrected chi connectivity index (χ4v) is 3.92. The van der Waals surface area contributed by atoms with Gasteiger partial charge in [0.15, 0.2) is 5.82 Å². The number of tetrazole rings is 1. The van der Waals surface area contributed by atoms with Crippen LogP contribution in [-0.4, -0.2) is 62.1 Å². The van der Waals surface area contributed by atoms with Gasteiger partial charge in [0, 0.05) is 29.7 Å². The first-order valence-corrected chi connectivity index (χ1v) is 10.3. The van der Waals surface area contributed by atoms with E-state index in [0.717, 1.165) is 33.7 Å². The van der Waals surface area contributed by atoms with Crippen LogP contribution >= 0.6 is 22.6 Å². The summed E-state index contributed by atoms with van der Waals surface area (Å²) in [5, 5.41) is 12.2. The third kappa shape index (κ3) is 4.07. The number of aryl methyl sites for hydroxylation is 1. The summed E-state index contributed by atoms with van der Waals surface area (Å²) < 4.78 is 2.77. The molecule has 1 amide bonds. The molecule has 2 heterocycles. The third-order valence-electron chi connectivity index (χ3n) is 4.94. The fourth-order valence-electron chi connectivity index (χ4n) is 3.30. The molecule has 0 radical (unpaired) electrons. The Balaban J connectivity index is 1.39. The molecule has 0 aliphatic carbocycles. The average Bonchev–Trinajstić information content (AvgIpc) is 3.17. The van der Waals surface area contributed by atoms with Crippen LogP contribution in [0.25, 0.3) is 5.69 Å². The maximum absolute atomic E-state index is 12.8. The van der Waals surface area contributed by atoms with E-state index in [1.165, 1.54) is 5.56 Å². The van der Waals surface area contributed by atoms with Crippen molar-refractivity contribution in [2.24, 2.45) is 0 Å². The predicted molar refractivity (Wildman–Crippen MR) is 114 cm³/mol. The minimum atomic E-state index is 0.106. The number of aromatic nitrogens is 4. The standard InChI is InChI=1S/C20H21IN6O/c1-15-6-8-16(9-7-15)27-19(22-23-24-27)14-25-10-12-26(13-11-25)20(28)17-4-2-3-5-18(17)21/h2-9H,10-14H2,1H3. The molecule has 144 valence electrons. The van der Waals surface area contributed by atoms with Crippen LogP contribution in [0.4, 0.5) is 0 Å². The van der Waals surface area contributed by atoms with Gasteiger partial charge in [-0.3, -0.25) is 9.69 Å². The summed E-state index contributed by atoms with van der Waals surface area (Å²) in [6.45, 7) is 5.73. The Morgan fingerprint density at radius 1 is 1.04 bits per heavy atom. The SMILES string of the molecule is Cc1ccc(-n2nnnc2CN2CCN(C(=O)c3ccccc3I)CC2)cc1. The number of hydrogen-bond donors (Lipinski definition) is 0. The highest BCUT2D eigenvalue weighted by atomic mass is 127. The number of hydrogen-bond acceptors (Lipinski definition) is 5. The van der Waals surface area contributed by atoms with Crippen molar-refractivity contribution in [2.45, 2.75) is 13.5 Å². The molecule has 7 nitrogen and oxygen atoms in total. The molecule has 0 atom stereocenters. The lowest BCUT2D eigenvalue weighted by Crippen LogP contribution is -2.48. The van der Waals surface area contributed by atoms with Gasteiger partial charge in [0.2, 0.25) is 0 Å². The molecule has 1 saturated heterocycles. The number of rotatable bonds is 4. The van der Waals surface area contributed by atoms with Gasteiger partial charge in [-0.05, 0) is 64.2 Å². The van der Waals surface area contributed by atoms with E-state index in [2.05, 4.69) is 62.1 Å². The van der Waals surface area contributed by atoms with Crippen LogP contribution in [0.2, 0.25) is 0 Å². The van der Waals surface area contributed by atoms with Crippen molar-refractivity contribution in [3.63, 3.8) is 0 Å². The Morgan fingerprint density at radius 3 is 2.46 bits per heavy atom. The van der Waals surface area contributed by atoms with E-state index in [-0.39, 0.29) is 5.91 Å². The van der Waals surface area contributed by atoms with Crippen molar-refractivity contribution in [2.75, 3.05) is 26.2 Å². The van der Waals surface area contributed by atoms with E-state index in [1.807, 2.05) is 41.3 Å². The van der Waals surface area contributed by atoms with E-state index in [0.29, 0.717) is 19.6 Å². The molecule has 0 unspecified atom stereocenters. The molecular weight excluding hydrogens is 467 g/mol. The van der Waals surface area contributed by atoms with Crippen LogP contribution in [0.5, 0.6) is 0 Å². The number of amides is 1. The van der Waals surface area contributed by atoms with E-state index in [1.54, 1.807) is 4.68 Å². The molecule has 0 N–H and O–H groups in total. The number of carbonyl (C=O) groups excluding carboxylic acids is 1. The van der Waals surface area contributed by atoms with Crippen LogP contribution in [0.1, 0.15) is 21.7 Å². The summed E-state index contributed by atoms with van der Waals surface area (Å²) in [5.41, 5.74) is 2.94. The number of halogens is 1.